The number of carbonyl (C=O) groups excluding carboxylic acids is 1. The highest BCUT2D eigenvalue weighted by atomic mass is 16.5. The molecule has 1 N–H and O–H groups in total. The zero-order chi connectivity index (χ0) is 18.7. The summed E-state index contributed by atoms with van der Waals surface area (Å²) in [7, 11) is 0. The first-order valence-electron chi connectivity index (χ1n) is 9.74. The minimum absolute atomic E-state index is 0.00817. The number of carbonyl (C=O) groups is 1. The molecule has 3 heteroatoms. The molecule has 2 rings (SSSR count). The number of esters is 1. The first kappa shape index (κ1) is 20.0. The van der Waals surface area contributed by atoms with E-state index in [1.54, 1.807) is 4.90 Å². The molecule has 0 bridgehead atoms. The lowest BCUT2D eigenvalue weighted by atomic mass is 9.79. The number of hydrogen-bond acceptors (Lipinski definition) is 2. The Morgan fingerprint density at radius 2 is 1.44 bits per heavy atom. The topological polar surface area (TPSA) is 30.7 Å². The average molecular weight is 347 g/mol. The van der Waals surface area contributed by atoms with Crippen LogP contribution in [0, 0.1) is 0 Å². The van der Waals surface area contributed by atoms with Crippen molar-refractivity contribution < 1.29 is 14.4 Å². The van der Waals surface area contributed by atoms with Gasteiger partial charge in [-0.2, -0.15) is 0 Å². The van der Waals surface area contributed by atoms with Crippen molar-refractivity contribution in [3.05, 3.63) is 34.9 Å². The Labute approximate surface area is 153 Å². The van der Waals surface area contributed by atoms with Gasteiger partial charge in [0.15, 0.2) is 0 Å². The summed E-state index contributed by atoms with van der Waals surface area (Å²) in [5.74, 6) is -0.187. The lowest BCUT2D eigenvalue weighted by Crippen LogP contribution is -3.13. The minimum atomic E-state index is -0.187. The quantitative estimate of drug-likeness (QED) is 0.846. The van der Waals surface area contributed by atoms with Gasteiger partial charge in [-0.05, 0) is 53.4 Å². The summed E-state index contributed by atoms with van der Waals surface area (Å²) in [5.41, 5.74) is 3.08. The molecule has 0 radical (unpaired) electrons. The molecule has 1 saturated heterocycles. The monoisotopic (exact) mass is 346 g/mol. The molecule has 0 atom stereocenters. The van der Waals surface area contributed by atoms with E-state index in [1.165, 1.54) is 43.5 Å². The van der Waals surface area contributed by atoms with Gasteiger partial charge in [0.25, 0.3) is 0 Å². The molecule has 1 aliphatic heterocycles. The van der Waals surface area contributed by atoms with Crippen molar-refractivity contribution in [1.82, 2.24) is 0 Å². The van der Waals surface area contributed by atoms with Crippen LogP contribution in [0.25, 0.3) is 0 Å². The number of benzene rings is 1. The van der Waals surface area contributed by atoms with E-state index in [0.717, 1.165) is 6.54 Å². The minimum Gasteiger partial charge on any atom is -0.456 e. The van der Waals surface area contributed by atoms with Crippen LogP contribution in [-0.4, -0.2) is 32.2 Å². The van der Waals surface area contributed by atoms with E-state index < -0.39 is 0 Å². The van der Waals surface area contributed by atoms with E-state index in [0.29, 0.717) is 12.2 Å². The molecule has 3 nitrogen and oxygen atoms in total. The summed E-state index contributed by atoms with van der Waals surface area (Å²) in [5, 5.41) is 0. The highest BCUT2D eigenvalue weighted by Crippen LogP contribution is 2.30. The Kier molecular flexibility index (Phi) is 6.31. The van der Waals surface area contributed by atoms with Crippen molar-refractivity contribution in [3.63, 3.8) is 0 Å². The highest BCUT2D eigenvalue weighted by Gasteiger charge is 2.23. The molecule has 0 unspecified atom stereocenters. The zero-order valence-corrected chi connectivity index (χ0v) is 17.0. The van der Waals surface area contributed by atoms with Gasteiger partial charge in [0.1, 0.15) is 13.2 Å². The fourth-order valence-corrected chi connectivity index (χ4v) is 3.28. The SMILES string of the molecule is CC(C)(C)c1cc(C(=O)OCC[NH+]2CCCCC2)cc(C(C)(C)C)c1. The number of piperidine rings is 1. The summed E-state index contributed by atoms with van der Waals surface area (Å²) in [6.07, 6.45) is 3.94. The van der Waals surface area contributed by atoms with Crippen LogP contribution in [0.4, 0.5) is 0 Å². The van der Waals surface area contributed by atoms with Gasteiger partial charge in [-0.1, -0.05) is 47.6 Å². The van der Waals surface area contributed by atoms with Gasteiger partial charge < -0.3 is 9.64 Å². The lowest BCUT2D eigenvalue weighted by molar-refractivity contribution is -0.905. The van der Waals surface area contributed by atoms with Crippen LogP contribution < -0.4 is 4.90 Å². The largest absolute Gasteiger partial charge is 0.456 e. The number of quaternary nitrogens is 1. The van der Waals surface area contributed by atoms with E-state index >= 15 is 0 Å². The molecule has 0 aromatic heterocycles. The molecule has 1 aromatic rings. The fourth-order valence-electron chi connectivity index (χ4n) is 3.28. The first-order chi connectivity index (χ1) is 11.6. The van der Waals surface area contributed by atoms with Gasteiger partial charge in [-0.3, -0.25) is 0 Å². The number of rotatable bonds is 4. The Hall–Kier alpha value is -1.35. The second-order valence-electron chi connectivity index (χ2n) is 9.50. The second kappa shape index (κ2) is 7.90. The lowest BCUT2D eigenvalue weighted by Gasteiger charge is -2.26. The van der Waals surface area contributed by atoms with Crippen LogP contribution in [0.3, 0.4) is 0 Å². The number of likely N-dealkylation sites (tertiary alicyclic amines) is 1. The van der Waals surface area contributed by atoms with Gasteiger partial charge in [-0.25, -0.2) is 4.79 Å². The van der Waals surface area contributed by atoms with Gasteiger partial charge >= 0.3 is 5.97 Å². The molecule has 0 spiro atoms. The summed E-state index contributed by atoms with van der Waals surface area (Å²) in [6, 6.07) is 6.24. The van der Waals surface area contributed by atoms with E-state index in [4.69, 9.17) is 4.74 Å². The average Bonchev–Trinajstić information content (AvgIpc) is 2.53. The molecule has 0 amide bonds. The fraction of sp³-hybridized carbons (Fsp3) is 0.682. The maximum Gasteiger partial charge on any atom is 0.338 e. The molecule has 1 heterocycles. The van der Waals surface area contributed by atoms with Crippen LogP contribution in [0.5, 0.6) is 0 Å². The third-order valence-corrected chi connectivity index (χ3v) is 5.15. The van der Waals surface area contributed by atoms with Gasteiger partial charge in [-0.15, -0.1) is 0 Å². The molecule has 1 aliphatic rings. The summed E-state index contributed by atoms with van der Waals surface area (Å²) < 4.78 is 5.61. The summed E-state index contributed by atoms with van der Waals surface area (Å²) in [6.45, 7) is 17.0. The second-order valence-corrected chi connectivity index (χ2v) is 9.50. The molecule has 0 saturated carbocycles. The van der Waals surface area contributed by atoms with Crippen molar-refractivity contribution in [2.75, 3.05) is 26.2 Å². The zero-order valence-electron chi connectivity index (χ0n) is 17.0. The van der Waals surface area contributed by atoms with E-state index in [1.807, 2.05) is 12.1 Å². The number of hydrogen-bond donors (Lipinski definition) is 1. The van der Waals surface area contributed by atoms with Gasteiger partial charge in [0, 0.05) is 0 Å². The van der Waals surface area contributed by atoms with Crippen LogP contribution in [0.15, 0.2) is 18.2 Å². The summed E-state index contributed by atoms with van der Waals surface area (Å²) >= 11 is 0. The predicted molar refractivity (Wildman–Crippen MR) is 104 cm³/mol. The van der Waals surface area contributed by atoms with Crippen molar-refractivity contribution in [2.24, 2.45) is 0 Å². The molecular formula is C22H36NO2+. The van der Waals surface area contributed by atoms with Crippen molar-refractivity contribution in [3.8, 4) is 0 Å². The smallest absolute Gasteiger partial charge is 0.338 e. The van der Waals surface area contributed by atoms with Gasteiger partial charge in [0.2, 0.25) is 0 Å². The van der Waals surface area contributed by atoms with Crippen LogP contribution in [0.2, 0.25) is 0 Å². The Balaban J connectivity index is 2.09. The van der Waals surface area contributed by atoms with Crippen molar-refractivity contribution in [1.29, 1.82) is 0 Å². The third-order valence-electron chi connectivity index (χ3n) is 5.15. The molecule has 25 heavy (non-hydrogen) atoms. The van der Waals surface area contributed by atoms with E-state index in [-0.39, 0.29) is 16.8 Å². The first-order valence-corrected chi connectivity index (χ1v) is 9.74. The standard InChI is InChI=1S/C22H35NO2/c1-21(2,3)18-14-17(15-19(16-18)22(4,5)6)20(24)25-13-12-23-10-8-7-9-11-23/h14-16H,7-13H2,1-6H3/p+1. The van der Waals surface area contributed by atoms with Crippen molar-refractivity contribution >= 4 is 5.97 Å². The Morgan fingerprint density at radius 3 is 1.92 bits per heavy atom. The maximum atomic E-state index is 12.6. The predicted octanol–water partition coefficient (Wildman–Crippen LogP) is 3.51. The third kappa shape index (κ3) is 5.85. The molecule has 1 aromatic carbocycles. The maximum absolute atomic E-state index is 12.6. The Bertz CT molecular complexity index is 555. The van der Waals surface area contributed by atoms with Crippen LogP contribution in [-0.2, 0) is 15.6 Å². The van der Waals surface area contributed by atoms with Crippen LogP contribution >= 0.6 is 0 Å². The highest BCUT2D eigenvalue weighted by molar-refractivity contribution is 5.90. The van der Waals surface area contributed by atoms with E-state index in [9.17, 15) is 4.79 Å². The number of nitrogens with one attached hydrogen (secondary N) is 1. The van der Waals surface area contributed by atoms with Crippen LogP contribution in [0.1, 0.15) is 82.3 Å². The van der Waals surface area contributed by atoms with Gasteiger partial charge in [0.05, 0.1) is 18.7 Å². The molecule has 1 fully saturated rings. The molecule has 140 valence electrons. The normalized spacial score (nSPS) is 16.7. The Morgan fingerprint density at radius 1 is 0.920 bits per heavy atom. The molecular weight excluding hydrogens is 310 g/mol. The number of ether oxygens (including phenoxy) is 1. The van der Waals surface area contributed by atoms with E-state index in [2.05, 4.69) is 47.6 Å². The summed E-state index contributed by atoms with van der Waals surface area (Å²) in [4.78, 5) is 14.2. The van der Waals surface area contributed by atoms with Crippen molar-refractivity contribution in [2.45, 2.75) is 71.6 Å². The molecule has 0 aliphatic carbocycles.